The molecule has 2 aliphatic carbocycles. The number of morpholine rings is 1. The van der Waals surface area contributed by atoms with E-state index in [1.807, 2.05) is 0 Å². The van der Waals surface area contributed by atoms with Crippen LogP contribution in [0.15, 0.2) is 28.0 Å². The molecule has 1 saturated carbocycles. The van der Waals surface area contributed by atoms with Crippen LogP contribution in [0, 0.1) is 5.41 Å². The van der Waals surface area contributed by atoms with Gasteiger partial charge in [-0.05, 0) is 19.3 Å². The Morgan fingerprint density at radius 2 is 2.21 bits per heavy atom. The first-order valence-electron chi connectivity index (χ1n) is 10.9. The van der Waals surface area contributed by atoms with Crippen LogP contribution in [0.1, 0.15) is 38.5 Å². The van der Waals surface area contributed by atoms with E-state index >= 15 is 0 Å². The summed E-state index contributed by atoms with van der Waals surface area (Å²) in [5.41, 5.74) is 1.47. The molecule has 1 saturated heterocycles. The van der Waals surface area contributed by atoms with Crippen LogP contribution in [-0.4, -0.2) is 79.9 Å². The minimum atomic E-state index is -0.469. The number of carbonyl (C=O) groups is 1. The van der Waals surface area contributed by atoms with Gasteiger partial charge in [0.15, 0.2) is 5.78 Å². The Morgan fingerprint density at radius 3 is 3.00 bits per heavy atom. The van der Waals surface area contributed by atoms with Crippen LogP contribution in [0.4, 0.5) is 0 Å². The van der Waals surface area contributed by atoms with Crippen LogP contribution in [0.5, 0.6) is 0 Å². The second kappa shape index (κ2) is 7.52. The number of carbonyl (C=O) groups excluding carboxylic acids is 1. The Kier molecular flexibility index (Phi) is 5.00. The number of ether oxygens (including phenoxy) is 3. The molecular weight excluding hydrogens is 372 g/mol. The number of ketones is 1. The molecule has 5 rings (SSSR count). The highest BCUT2D eigenvalue weighted by atomic mass is 16.5. The van der Waals surface area contributed by atoms with E-state index in [0.29, 0.717) is 44.1 Å². The zero-order valence-corrected chi connectivity index (χ0v) is 17.1. The molecule has 4 atom stereocenters. The SMILES string of the molecule is COC1=N[C@H]2C[C@@H](O)CC3=C2C2(C=C1C(=O)CN1CCOCC1)CCCC[C@@H]2O3. The summed E-state index contributed by atoms with van der Waals surface area (Å²) in [6.45, 7) is 3.19. The fourth-order valence-electron chi connectivity index (χ4n) is 5.76. The Morgan fingerprint density at radius 1 is 1.38 bits per heavy atom. The highest BCUT2D eigenvalue weighted by molar-refractivity contribution is 6.20. The van der Waals surface area contributed by atoms with Crippen LogP contribution in [0.25, 0.3) is 0 Å². The van der Waals surface area contributed by atoms with Crippen LogP contribution in [-0.2, 0) is 19.0 Å². The zero-order valence-electron chi connectivity index (χ0n) is 17.1. The molecule has 1 spiro atoms. The van der Waals surface area contributed by atoms with E-state index in [1.54, 1.807) is 7.11 Å². The maximum Gasteiger partial charge on any atom is 0.219 e. The fraction of sp³-hybridized carbons (Fsp3) is 0.727. The molecule has 0 aromatic heterocycles. The average Bonchev–Trinajstić information content (AvgIpc) is 2.97. The maximum absolute atomic E-state index is 13.4. The number of Topliss-reactive ketones (excluding diaryl/α,β-unsaturated/α-hetero) is 1. The van der Waals surface area contributed by atoms with Crippen molar-refractivity contribution in [2.24, 2.45) is 10.4 Å². The number of hydrogen-bond acceptors (Lipinski definition) is 7. The van der Waals surface area contributed by atoms with Crippen molar-refractivity contribution in [3.05, 3.63) is 23.0 Å². The van der Waals surface area contributed by atoms with Crippen LogP contribution >= 0.6 is 0 Å². The zero-order chi connectivity index (χ0) is 20.0. The number of aliphatic imine (C=N–C) groups is 1. The van der Waals surface area contributed by atoms with Gasteiger partial charge in [-0.3, -0.25) is 9.69 Å². The van der Waals surface area contributed by atoms with Crippen molar-refractivity contribution in [1.82, 2.24) is 4.90 Å². The molecule has 3 heterocycles. The Hall–Kier alpha value is -1.70. The highest BCUT2D eigenvalue weighted by Crippen LogP contribution is 2.57. The number of rotatable bonds is 3. The third kappa shape index (κ3) is 3.23. The van der Waals surface area contributed by atoms with Gasteiger partial charge in [-0.15, -0.1) is 0 Å². The van der Waals surface area contributed by atoms with Gasteiger partial charge in [-0.2, -0.15) is 0 Å². The molecule has 0 bridgehead atoms. The molecule has 7 nitrogen and oxygen atoms in total. The number of aliphatic hydroxyl groups is 1. The third-order valence-electron chi connectivity index (χ3n) is 7.09. The number of aliphatic hydroxyl groups excluding tert-OH is 1. The summed E-state index contributed by atoms with van der Waals surface area (Å²) in [6.07, 6.45) is 6.97. The van der Waals surface area contributed by atoms with Gasteiger partial charge in [-0.1, -0.05) is 12.5 Å². The van der Waals surface area contributed by atoms with Gasteiger partial charge in [0.05, 0.1) is 50.0 Å². The quantitative estimate of drug-likeness (QED) is 0.773. The van der Waals surface area contributed by atoms with Crippen molar-refractivity contribution in [2.75, 3.05) is 40.0 Å². The molecule has 1 N–H and O–H groups in total. The Bertz CT molecular complexity index is 782. The first-order chi connectivity index (χ1) is 14.1. The largest absolute Gasteiger partial charge is 0.493 e. The van der Waals surface area contributed by atoms with Crippen LogP contribution in [0.2, 0.25) is 0 Å². The summed E-state index contributed by atoms with van der Waals surface area (Å²) in [6, 6.07) is -0.184. The van der Waals surface area contributed by atoms with Gasteiger partial charge in [0.2, 0.25) is 5.90 Å². The van der Waals surface area contributed by atoms with E-state index in [9.17, 15) is 9.90 Å². The normalized spacial score (nSPS) is 37.0. The average molecular weight is 402 g/mol. The first kappa shape index (κ1) is 19.3. The molecule has 158 valence electrons. The minimum Gasteiger partial charge on any atom is -0.493 e. The van der Waals surface area contributed by atoms with Gasteiger partial charge in [0.1, 0.15) is 11.9 Å². The highest BCUT2D eigenvalue weighted by Gasteiger charge is 2.56. The predicted molar refractivity (Wildman–Crippen MR) is 107 cm³/mol. The van der Waals surface area contributed by atoms with E-state index in [-0.39, 0.29) is 23.3 Å². The summed E-state index contributed by atoms with van der Waals surface area (Å²) in [4.78, 5) is 20.4. The van der Waals surface area contributed by atoms with Crippen LogP contribution < -0.4 is 0 Å². The third-order valence-corrected chi connectivity index (χ3v) is 7.09. The van der Waals surface area contributed by atoms with Crippen molar-refractivity contribution in [1.29, 1.82) is 0 Å². The molecule has 7 heteroatoms. The van der Waals surface area contributed by atoms with Crippen molar-refractivity contribution in [2.45, 2.75) is 56.8 Å². The molecule has 1 unspecified atom stereocenters. The second-order valence-corrected chi connectivity index (χ2v) is 8.85. The van der Waals surface area contributed by atoms with Gasteiger partial charge >= 0.3 is 0 Å². The summed E-state index contributed by atoms with van der Waals surface area (Å²) in [5.74, 6) is 1.35. The molecular formula is C22H30N2O5. The summed E-state index contributed by atoms with van der Waals surface area (Å²) in [5, 5.41) is 10.4. The lowest BCUT2D eigenvalue weighted by atomic mass is 9.64. The first-order valence-corrected chi connectivity index (χ1v) is 10.9. The minimum absolute atomic E-state index is 0.0339. The lowest BCUT2D eigenvalue weighted by molar-refractivity contribution is -0.117. The molecule has 29 heavy (non-hydrogen) atoms. The number of nitrogens with zero attached hydrogens (tertiary/aromatic N) is 2. The summed E-state index contributed by atoms with van der Waals surface area (Å²) < 4.78 is 17.4. The molecule has 0 radical (unpaired) electrons. The standard InChI is InChI=1S/C22H30N2O5/c1-27-21-15(17(26)13-24-6-8-28-9-7-24)12-22-5-3-2-4-19(22)29-18-11-14(25)10-16(23-21)20(18)22/h12,14,16,19,25H,2-11,13H2,1H3/t14-,16+,19+,22?/m1/s1. The van der Waals surface area contributed by atoms with Crippen molar-refractivity contribution < 1.29 is 24.1 Å². The molecule has 0 amide bonds. The lowest BCUT2D eigenvalue weighted by Gasteiger charge is -2.39. The maximum atomic E-state index is 13.4. The van der Waals surface area contributed by atoms with Gasteiger partial charge in [0, 0.05) is 31.5 Å². The number of hydrogen-bond donors (Lipinski definition) is 1. The van der Waals surface area contributed by atoms with Crippen molar-refractivity contribution in [3.63, 3.8) is 0 Å². The van der Waals surface area contributed by atoms with Crippen molar-refractivity contribution in [3.8, 4) is 0 Å². The Balaban J connectivity index is 1.56. The molecule has 2 fully saturated rings. The summed E-state index contributed by atoms with van der Waals surface area (Å²) in [7, 11) is 1.58. The second-order valence-electron chi connectivity index (χ2n) is 8.85. The van der Waals surface area contributed by atoms with Gasteiger partial charge in [-0.25, -0.2) is 4.99 Å². The van der Waals surface area contributed by atoms with Gasteiger partial charge < -0.3 is 19.3 Å². The number of methoxy groups -OCH3 is 1. The van der Waals surface area contributed by atoms with Gasteiger partial charge in [0.25, 0.3) is 0 Å². The molecule has 5 aliphatic rings. The monoisotopic (exact) mass is 402 g/mol. The van der Waals surface area contributed by atoms with E-state index < -0.39 is 6.10 Å². The smallest absolute Gasteiger partial charge is 0.219 e. The summed E-state index contributed by atoms with van der Waals surface area (Å²) >= 11 is 0. The predicted octanol–water partition coefficient (Wildman–Crippen LogP) is 1.61. The van der Waals surface area contributed by atoms with E-state index in [0.717, 1.165) is 44.5 Å². The molecule has 0 aromatic carbocycles. The molecule has 0 aromatic rings. The van der Waals surface area contributed by atoms with Crippen molar-refractivity contribution >= 4 is 11.7 Å². The fourth-order valence-corrected chi connectivity index (χ4v) is 5.76. The topological polar surface area (TPSA) is 80.6 Å². The van der Waals surface area contributed by atoms with Crippen LogP contribution in [0.3, 0.4) is 0 Å². The van der Waals surface area contributed by atoms with E-state index in [4.69, 9.17) is 19.2 Å². The molecule has 3 aliphatic heterocycles. The van der Waals surface area contributed by atoms with E-state index in [1.165, 1.54) is 5.57 Å². The lowest BCUT2D eigenvalue weighted by Crippen LogP contribution is -2.41. The Labute approximate surface area is 171 Å². The van der Waals surface area contributed by atoms with E-state index in [2.05, 4.69) is 11.0 Å².